The van der Waals surface area contributed by atoms with Crippen LogP contribution in [0.1, 0.15) is 41.2 Å². The zero-order chi connectivity index (χ0) is 21.8. The summed E-state index contributed by atoms with van der Waals surface area (Å²) in [6, 6.07) is 8.06. The van der Waals surface area contributed by atoms with E-state index in [0.29, 0.717) is 32.4 Å². The Bertz CT molecular complexity index is 1040. The van der Waals surface area contributed by atoms with Crippen molar-refractivity contribution in [1.29, 1.82) is 0 Å². The number of aromatic nitrogens is 4. The molecule has 0 atom stereocenters. The average Bonchev–Trinajstić information content (AvgIpc) is 3.39. The van der Waals surface area contributed by atoms with Crippen molar-refractivity contribution < 1.29 is 14.7 Å². The fourth-order valence-electron chi connectivity index (χ4n) is 3.82. The number of carbonyl (C=O) groups excluding carboxylic acids is 2. The summed E-state index contributed by atoms with van der Waals surface area (Å²) in [5.74, 6) is -0.199. The van der Waals surface area contributed by atoms with Gasteiger partial charge >= 0.3 is 0 Å². The normalized spacial score (nSPS) is 15.9. The number of rotatable bonds is 7. The molecule has 2 amide bonds. The van der Waals surface area contributed by atoms with Gasteiger partial charge in [-0.1, -0.05) is 17.3 Å². The molecule has 3 aromatic rings. The number of fused-ring (bicyclic) bond motifs is 1. The Morgan fingerprint density at radius 1 is 1.26 bits per heavy atom. The van der Waals surface area contributed by atoms with Gasteiger partial charge in [0.15, 0.2) is 5.69 Å². The highest BCUT2D eigenvalue weighted by atomic mass is 32.1. The molecule has 1 saturated heterocycles. The van der Waals surface area contributed by atoms with Gasteiger partial charge in [0, 0.05) is 26.6 Å². The Hall–Kier alpha value is -2.85. The summed E-state index contributed by atoms with van der Waals surface area (Å²) in [6.45, 7) is 1.26. The van der Waals surface area contributed by atoms with Crippen molar-refractivity contribution in [3.05, 3.63) is 41.2 Å². The molecule has 2 aromatic heterocycles. The smallest absolute Gasteiger partial charge is 0.273 e. The van der Waals surface area contributed by atoms with Crippen LogP contribution in [0, 0.1) is 0 Å². The maximum Gasteiger partial charge on any atom is 0.273 e. The first-order valence-corrected chi connectivity index (χ1v) is 11.2. The number of amides is 2. The SMILES string of the molecule is CNC(=O)c1cn(CC2(O)CCN(C(=O)CCCc3nc4ccccc4s3)CC2)nn1. The van der Waals surface area contributed by atoms with Crippen LogP contribution in [0.4, 0.5) is 0 Å². The summed E-state index contributed by atoms with van der Waals surface area (Å²) in [5.41, 5.74) is 0.261. The monoisotopic (exact) mass is 442 g/mol. The second kappa shape index (κ2) is 9.11. The lowest BCUT2D eigenvalue weighted by Gasteiger charge is -2.38. The molecular formula is C21H26N6O3S. The molecule has 0 saturated carbocycles. The summed E-state index contributed by atoms with van der Waals surface area (Å²) in [4.78, 5) is 30.6. The highest BCUT2D eigenvalue weighted by Crippen LogP contribution is 2.26. The number of likely N-dealkylation sites (tertiary alicyclic amines) is 1. The molecule has 0 spiro atoms. The second-order valence-corrected chi connectivity index (χ2v) is 9.03. The van der Waals surface area contributed by atoms with Crippen LogP contribution in [0.3, 0.4) is 0 Å². The highest BCUT2D eigenvalue weighted by Gasteiger charge is 2.34. The number of nitrogens with one attached hydrogen (secondary N) is 1. The van der Waals surface area contributed by atoms with E-state index in [9.17, 15) is 14.7 Å². The number of para-hydroxylation sites is 1. The van der Waals surface area contributed by atoms with E-state index in [2.05, 4.69) is 26.7 Å². The molecule has 164 valence electrons. The van der Waals surface area contributed by atoms with E-state index in [4.69, 9.17) is 0 Å². The summed E-state index contributed by atoms with van der Waals surface area (Å²) in [6.07, 6.45) is 4.49. The summed E-state index contributed by atoms with van der Waals surface area (Å²) < 4.78 is 2.66. The molecule has 1 aliphatic rings. The van der Waals surface area contributed by atoms with E-state index in [0.717, 1.165) is 23.4 Å². The van der Waals surface area contributed by atoms with Gasteiger partial charge in [0.25, 0.3) is 5.91 Å². The summed E-state index contributed by atoms with van der Waals surface area (Å²) >= 11 is 1.68. The Morgan fingerprint density at radius 2 is 2.03 bits per heavy atom. The molecule has 3 heterocycles. The Kier molecular flexibility index (Phi) is 6.28. The molecule has 9 nitrogen and oxygen atoms in total. The van der Waals surface area contributed by atoms with E-state index in [1.54, 1.807) is 11.3 Å². The first-order valence-electron chi connectivity index (χ1n) is 10.4. The third kappa shape index (κ3) is 5.08. The number of aryl methyl sites for hydroxylation is 1. The zero-order valence-electron chi connectivity index (χ0n) is 17.5. The second-order valence-electron chi connectivity index (χ2n) is 7.91. The highest BCUT2D eigenvalue weighted by molar-refractivity contribution is 7.18. The molecule has 2 N–H and O–H groups in total. The number of piperidine rings is 1. The largest absolute Gasteiger partial charge is 0.388 e. The van der Waals surface area contributed by atoms with Gasteiger partial charge in [0.2, 0.25) is 5.91 Å². The van der Waals surface area contributed by atoms with Crippen LogP contribution in [0.25, 0.3) is 10.2 Å². The van der Waals surface area contributed by atoms with Crippen molar-refractivity contribution in [2.75, 3.05) is 20.1 Å². The van der Waals surface area contributed by atoms with Crippen molar-refractivity contribution >= 4 is 33.4 Å². The third-order valence-corrected chi connectivity index (χ3v) is 6.72. The zero-order valence-corrected chi connectivity index (χ0v) is 18.3. The van der Waals surface area contributed by atoms with Gasteiger partial charge in [-0.25, -0.2) is 9.67 Å². The average molecular weight is 443 g/mol. The minimum absolute atomic E-state index is 0.117. The van der Waals surface area contributed by atoms with E-state index < -0.39 is 5.60 Å². The first kappa shape index (κ1) is 21.4. The number of carbonyl (C=O) groups is 2. The van der Waals surface area contributed by atoms with Gasteiger partial charge in [-0.05, 0) is 37.8 Å². The van der Waals surface area contributed by atoms with Crippen LogP contribution in [0.15, 0.2) is 30.5 Å². The summed E-state index contributed by atoms with van der Waals surface area (Å²) in [7, 11) is 1.53. The van der Waals surface area contributed by atoms with E-state index in [-0.39, 0.29) is 24.1 Å². The standard InChI is InChI=1S/C21H26N6O3S/c1-22-20(29)16-13-27(25-24-16)14-21(30)9-11-26(12-10-21)19(28)8-4-7-18-23-15-5-2-3-6-17(15)31-18/h2-3,5-6,13,30H,4,7-12,14H2,1H3,(H,22,29). The first-order chi connectivity index (χ1) is 15.0. The molecule has 4 rings (SSSR count). The third-order valence-electron chi connectivity index (χ3n) is 5.62. The van der Waals surface area contributed by atoms with Crippen LogP contribution in [-0.2, 0) is 17.8 Å². The van der Waals surface area contributed by atoms with Crippen molar-refractivity contribution in [3.8, 4) is 0 Å². The minimum atomic E-state index is -0.967. The van der Waals surface area contributed by atoms with Crippen LogP contribution in [0.2, 0.25) is 0 Å². The molecule has 1 aliphatic heterocycles. The van der Waals surface area contributed by atoms with Crippen molar-refractivity contribution in [3.63, 3.8) is 0 Å². The molecule has 1 aromatic carbocycles. The molecule has 1 fully saturated rings. The Labute approximate surface area is 184 Å². The predicted octanol–water partition coefficient (Wildman–Crippen LogP) is 1.62. The minimum Gasteiger partial charge on any atom is -0.388 e. The number of benzene rings is 1. The molecule has 10 heteroatoms. The number of hydrogen-bond donors (Lipinski definition) is 2. The lowest BCUT2D eigenvalue weighted by molar-refractivity contribution is -0.136. The molecule has 0 bridgehead atoms. The fourth-order valence-corrected chi connectivity index (χ4v) is 4.82. The van der Waals surface area contributed by atoms with Gasteiger partial charge in [-0.15, -0.1) is 16.4 Å². The number of nitrogens with zero attached hydrogens (tertiary/aromatic N) is 5. The van der Waals surface area contributed by atoms with Gasteiger partial charge in [-0.3, -0.25) is 9.59 Å². The van der Waals surface area contributed by atoms with Crippen LogP contribution in [0.5, 0.6) is 0 Å². The fraction of sp³-hybridized carbons (Fsp3) is 0.476. The number of thiazole rings is 1. The molecule has 0 unspecified atom stereocenters. The quantitative estimate of drug-likeness (QED) is 0.575. The molecule has 0 aliphatic carbocycles. The molecule has 0 radical (unpaired) electrons. The van der Waals surface area contributed by atoms with Crippen LogP contribution >= 0.6 is 11.3 Å². The van der Waals surface area contributed by atoms with Gasteiger partial charge in [-0.2, -0.15) is 0 Å². The van der Waals surface area contributed by atoms with Crippen molar-refractivity contribution in [2.45, 2.75) is 44.2 Å². The van der Waals surface area contributed by atoms with Gasteiger partial charge in [0.05, 0.1) is 33.6 Å². The Morgan fingerprint density at radius 3 is 2.77 bits per heavy atom. The number of hydrogen-bond acceptors (Lipinski definition) is 7. The van der Waals surface area contributed by atoms with Crippen molar-refractivity contribution in [1.82, 2.24) is 30.2 Å². The van der Waals surface area contributed by atoms with Crippen molar-refractivity contribution in [2.24, 2.45) is 0 Å². The van der Waals surface area contributed by atoms with Crippen LogP contribution in [-0.4, -0.2) is 67.5 Å². The molecular weight excluding hydrogens is 416 g/mol. The Balaban J connectivity index is 1.23. The maximum absolute atomic E-state index is 12.6. The summed E-state index contributed by atoms with van der Waals surface area (Å²) in [5, 5.41) is 22.2. The molecule has 31 heavy (non-hydrogen) atoms. The lowest BCUT2D eigenvalue weighted by Crippen LogP contribution is -2.48. The van der Waals surface area contributed by atoms with E-state index in [1.165, 1.54) is 22.6 Å². The van der Waals surface area contributed by atoms with Gasteiger partial charge < -0.3 is 15.3 Å². The van der Waals surface area contributed by atoms with E-state index in [1.807, 2.05) is 23.1 Å². The van der Waals surface area contributed by atoms with Gasteiger partial charge in [0.1, 0.15) is 0 Å². The lowest BCUT2D eigenvalue weighted by atomic mass is 9.91. The topological polar surface area (TPSA) is 113 Å². The number of aliphatic hydroxyl groups is 1. The maximum atomic E-state index is 12.6. The van der Waals surface area contributed by atoms with Crippen LogP contribution < -0.4 is 5.32 Å². The van der Waals surface area contributed by atoms with E-state index >= 15 is 0 Å². The predicted molar refractivity (Wildman–Crippen MR) is 117 cm³/mol.